The Bertz CT molecular complexity index is 473. The van der Waals surface area contributed by atoms with Gasteiger partial charge < -0.3 is 15.2 Å². The third kappa shape index (κ3) is 3.92. The summed E-state index contributed by atoms with van der Waals surface area (Å²) in [4.78, 5) is 12.8. The predicted molar refractivity (Wildman–Crippen MR) is 85.2 cm³/mol. The monoisotopic (exact) mass is 309 g/mol. The van der Waals surface area contributed by atoms with Crippen LogP contribution in [-0.4, -0.2) is 35.5 Å². The number of ether oxygens (including phenoxy) is 1. The maximum Gasteiger partial charge on any atom is 0.323 e. The van der Waals surface area contributed by atoms with Gasteiger partial charge in [-0.3, -0.25) is 4.79 Å². The second-order valence-electron chi connectivity index (χ2n) is 5.43. The first kappa shape index (κ1) is 16.2. The Morgan fingerprint density at radius 1 is 1.48 bits per heavy atom. The minimum Gasteiger partial charge on any atom is -0.497 e. The number of carboxylic acids is 1. The van der Waals surface area contributed by atoms with Crippen LogP contribution in [0.15, 0.2) is 29.2 Å². The van der Waals surface area contributed by atoms with Gasteiger partial charge in [0, 0.05) is 10.1 Å². The minimum absolute atomic E-state index is 0.335. The highest BCUT2D eigenvalue weighted by atomic mass is 32.2. The molecule has 2 N–H and O–H groups in total. The van der Waals surface area contributed by atoms with Gasteiger partial charge in [0.1, 0.15) is 11.3 Å². The van der Waals surface area contributed by atoms with Gasteiger partial charge in [-0.25, -0.2) is 0 Å². The molecule has 0 heterocycles. The van der Waals surface area contributed by atoms with Crippen molar-refractivity contribution < 1.29 is 14.6 Å². The van der Waals surface area contributed by atoms with Gasteiger partial charge in [0.2, 0.25) is 0 Å². The maximum absolute atomic E-state index is 11.7. The number of benzene rings is 1. The van der Waals surface area contributed by atoms with E-state index in [1.807, 2.05) is 31.2 Å². The summed E-state index contributed by atoms with van der Waals surface area (Å²) in [5.41, 5.74) is -0.753. The largest absolute Gasteiger partial charge is 0.497 e. The molecule has 1 aromatic carbocycles. The molecule has 0 aromatic heterocycles. The van der Waals surface area contributed by atoms with Gasteiger partial charge in [0.15, 0.2) is 0 Å². The standard InChI is InChI=1S/C16H23NO3S/c1-3-17-16(15(18)19)10-4-5-14(11-16)21-13-8-6-12(20-2)7-9-13/h6-9,14,17H,3-5,10-11H2,1-2H3,(H,18,19). The molecular weight excluding hydrogens is 286 g/mol. The molecule has 1 aliphatic carbocycles. The number of carboxylic acid groups (broad SMARTS) is 1. The summed E-state index contributed by atoms with van der Waals surface area (Å²) < 4.78 is 5.16. The number of carbonyl (C=O) groups is 1. The topological polar surface area (TPSA) is 58.6 Å². The summed E-state index contributed by atoms with van der Waals surface area (Å²) in [6, 6.07) is 7.96. The molecule has 0 saturated heterocycles. The fourth-order valence-corrected chi connectivity index (χ4v) is 4.27. The van der Waals surface area contributed by atoms with Crippen molar-refractivity contribution in [3.63, 3.8) is 0 Å². The van der Waals surface area contributed by atoms with E-state index in [4.69, 9.17) is 4.74 Å². The van der Waals surface area contributed by atoms with Crippen molar-refractivity contribution in [2.24, 2.45) is 0 Å². The van der Waals surface area contributed by atoms with Crippen LogP contribution in [0.2, 0.25) is 0 Å². The van der Waals surface area contributed by atoms with Crippen LogP contribution in [0.5, 0.6) is 5.75 Å². The second kappa shape index (κ2) is 7.18. The van der Waals surface area contributed by atoms with E-state index in [9.17, 15) is 9.90 Å². The van der Waals surface area contributed by atoms with E-state index in [-0.39, 0.29) is 0 Å². The summed E-state index contributed by atoms with van der Waals surface area (Å²) in [5.74, 6) is 0.125. The van der Waals surface area contributed by atoms with E-state index in [2.05, 4.69) is 5.32 Å². The Labute approximate surface area is 130 Å². The summed E-state index contributed by atoms with van der Waals surface area (Å²) in [6.45, 7) is 2.65. The van der Waals surface area contributed by atoms with Gasteiger partial charge in [-0.05, 0) is 56.5 Å². The van der Waals surface area contributed by atoms with Gasteiger partial charge >= 0.3 is 5.97 Å². The first-order chi connectivity index (χ1) is 10.1. The zero-order valence-corrected chi connectivity index (χ0v) is 13.4. The second-order valence-corrected chi connectivity index (χ2v) is 6.80. The van der Waals surface area contributed by atoms with Crippen LogP contribution in [0.1, 0.15) is 32.6 Å². The number of rotatable bonds is 6. The molecule has 0 radical (unpaired) electrons. The quantitative estimate of drug-likeness (QED) is 0.845. The lowest BCUT2D eigenvalue weighted by atomic mass is 9.81. The number of thioether (sulfide) groups is 1. The van der Waals surface area contributed by atoms with Crippen LogP contribution < -0.4 is 10.1 Å². The summed E-state index contributed by atoms with van der Waals surface area (Å²) >= 11 is 1.77. The average Bonchev–Trinajstić information content (AvgIpc) is 2.48. The Kier molecular flexibility index (Phi) is 5.53. The van der Waals surface area contributed by atoms with E-state index in [0.717, 1.165) is 25.0 Å². The van der Waals surface area contributed by atoms with E-state index in [1.165, 1.54) is 4.90 Å². The number of aliphatic carboxylic acids is 1. The Hall–Kier alpha value is -1.20. The molecule has 1 aromatic rings. The van der Waals surface area contributed by atoms with Crippen LogP contribution in [0, 0.1) is 0 Å². The molecule has 2 rings (SSSR count). The SMILES string of the molecule is CCNC1(C(=O)O)CCCC(Sc2ccc(OC)cc2)C1. The van der Waals surface area contributed by atoms with Gasteiger partial charge in [0.05, 0.1) is 7.11 Å². The first-order valence-electron chi connectivity index (χ1n) is 7.39. The van der Waals surface area contributed by atoms with Crippen molar-refractivity contribution in [2.45, 2.75) is 48.3 Å². The van der Waals surface area contributed by atoms with Crippen molar-refractivity contribution in [1.29, 1.82) is 0 Å². The first-order valence-corrected chi connectivity index (χ1v) is 8.27. The average molecular weight is 309 g/mol. The molecule has 5 heteroatoms. The highest BCUT2D eigenvalue weighted by Crippen LogP contribution is 2.38. The third-order valence-corrected chi connectivity index (χ3v) is 5.27. The van der Waals surface area contributed by atoms with Crippen LogP contribution in [-0.2, 0) is 4.79 Å². The summed E-state index contributed by atoms with van der Waals surface area (Å²) in [5, 5.41) is 13.1. The van der Waals surface area contributed by atoms with Crippen LogP contribution >= 0.6 is 11.8 Å². The highest BCUT2D eigenvalue weighted by Gasteiger charge is 2.42. The van der Waals surface area contributed by atoms with E-state index < -0.39 is 11.5 Å². The van der Waals surface area contributed by atoms with Crippen molar-refractivity contribution >= 4 is 17.7 Å². The van der Waals surface area contributed by atoms with Crippen LogP contribution in [0.25, 0.3) is 0 Å². The van der Waals surface area contributed by atoms with Crippen molar-refractivity contribution in [1.82, 2.24) is 5.32 Å². The number of methoxy groups -OCH3 is 1. The molecule has 116 valence electrons. The minimum atomic E-state index is -0.753. The van der Waals surface area contributed by atoms with Crippen molar-refractivity contribution in [2.75, 3.05) is 13.7 Å². The lowest BCUT2D eigenvalue weighted by Crippen LogP contribution is -2.55. The predicted octanol–water partition coefficient (Wildman–Crippen LogP) is 3.16. The number of hydrogen-bond donors (Lipinski definition) is 2. The Balaban J connectivity index is 2.04. The van der Waals surface area contributed by atoms with E-state index >= 15 is 0 Å². The molecule has 2 unspecified atom stereocenters. The van der Waals surface area contributed by atoms with Gasteiger partial charge in [-0.1, -0.05) is 6.92 Å². The molecule has 2 atom stereocenters. The number of hydrogen-bond acceptors (Lipinski definition) is 4. The fourth-order valence-electron chi connectivity index (χ4n) is 2.94. The Morgan fingerprint density at radius 2 is 2.19 bits per heavy atom. The lowest BCUT2D eigenvalue weighted by molar-refractivity contribution is -0.146. The van der Waals surface area contributed by atoms with Crippen molar-refractivity contribution in [3.8, 4) is 5.75 Å². The zero-order chi connectivity index (χ0) is 15.3. The lowest BCUT2D eigenvalue weighted by Gasteiger charge is -2.38. The van der Waals surface area contributed by atoms with Crippen molar-refractivity contribution in [3.05, 3.63) is 24.3 Å². The zero-order valence-electron chi connectivity index (χ0n) is 12.6. The molecule has 21 heavy (non-hydrogen) atoms. The smallest absolute Gasteiger partial charge is 0.323 e. The fraction of sp³-hybridized carbons (Fsp3) is 0.562. The van der Waals surface area contributed by atoms with Crippen LogP contribution in [0.3, 0.4) is 0 Å². The molecule has 0 bridgehead atoms. The number of likely N-dealkylation sites (N-methyl/N-ethyl adjacent to an activating group) is 1. The Morgan fingerprint density at radius 3 is 2.76 bits per heavy atom. The molecule has 1 aliphatic rings. The maximum atomic E-state index is 11.7. The molecule has 0 aliphatic heterocycles. The molecule has 1 fully saturated rings. The molecule has 0 spiro atoms. The molecule has 1 saturated carbocycles. The van der Waals surface area contributed by atoms with E-state index in [1.54, 1.807) is 18.9 Å². The molecular formula is C16H23NO3S. The molecule has 0 amide bonds. The normalized spacial score (nSPS) is 25.5. The number of nitrogens with one attached hydrogen (secondary N) is 1. The van der Waals surface area contributed by atoms with Crippen LogP contribution in [0.4, 0.5) is 0 Å². The van der Waals surface area contributed by atoms with Gasteiger partial charge in [-0.2, -0.15) is 0 Å². The summed E-state index contributed by atoms with van der Waals surface area (Å²) in [7, 11) is 1.65. The van der Waals surface area contributed by atoms with E-state index in [0.29, 0.717) is 18.2 Å². The highest BCUT2D eigenvalue weighted by molar-refractivity contribution is 8.00. The van der Waals surface area contributed by atoms with Gasteiger partial charge in [-0.15, -0.1) is 11.8 Å². The van der Waals surface area contributed by atoms with Gasteiger partial charge in [0.25, 0.3) is 0 Å². The third-order valence-electron chi connectivity index (χ3n) is 3.99. The molecule has 4 nitrogen and oxygen atoms in total. The summed E-state index contributed by atoms with van der Waals surface area (Å²) in [6.07, 6.45) is 3.41.